The lowest BCUT2D eigenvalue weighted by molar-refractivity contribution is -0.126. The lowest BCUT2D eigenvalue weighted by Crippen LogP contribution is -2.43. The van der Waals surface area contributed by atoms with Crippen molar-refractivity contribution in [3.8, 4) is 0 Å². The Bertz CT molecular complexity index is 729. The Kier molecular flexibility index (Phi) is 4.61. The largest absolute Gasteiger partial charge is 0.355 e. The minimum atomic E-state index is -0.363. The standard InChI is InChI=1S/C17H22N4OS/c1-21-14(19-20-16(21)23)9-12-18-15(22)17(10-5-6-11-17)13-7-3-2-4-8-13/h2-4,7-8H,5-6,9-12H2,1H3,(H,18,22)(H,20,23). The van der Waals surface area contributed by atoms with E-state index in [-0.39, 0.29) is 11.3 Å². The molecule has 2 N–H and O–H groups in total. The molecule has 1 aromatic carbocycles. The Balaban J connectivity index is 1.68. The molecule has 0 atom stereocenters. The van der Waals surface area contributed by atoms with E-state index in [9.17, 15) is 4.79 Å². The zero-order valence-corrected chi connectivity index (χ0v) is 14.2. The molecule has 0 spiro atoms. The summed E-state index contributed by atoms with van der Waals surface area (Å²) in [6.45, 7) is 0.570. The minimum Gasteiger partial charge on any atom is -0.355 e. The molecule has 1 aliphatic carbocycles. The number of nitrogens with zero attached hydrogens (tertiary/aromatic N) is 2. The minimum absolute atomic E-state index is 0.137. The normalized spacial score (nSPS) is 16.4. The topological polar surface area (TPSA) is 62.7 Å². The first-order chi connectivity index (χ1) is 11.1. The van der Waals surface area contributed by atoms with Crippen molar-refractivity contribution in [3.63, 3.8) is 0 Å². The second-order valence-corrected chi connectivity index (χ2v) is 6.55. The summed E-state index contributed by atoms with van der Waals surface area (Å²) in [6, 6.07) is 10.2. The number of aromatic amines is 1. The van der Waals surface area contributed by atoms with Gasteiger partial charge in [-0.1, -0.05) is 43.2 Å². The van der Waals surface area contributed by atoms with Crippen LogP contribution in [0.2, 0.25) is 0 Å². The summed E-state index contributed by atoms with van der Waals surface area (Å²) >= 11 is 5.10. The van der Waals surface area contributed by atoms with Gasteiger partial charge in [-0.15, -0.1) is 0 Å². The Labute approximate surface area is 141 Å². The fourth-order valence-corrected chi connectivity index (χ4v) is 3.59. The molecule has 122 valence electrons. The fraction of sp³-hybridized carbons (Fsp3) is 0.471. The Morgan fingerprint density at radius 3 is 2.65 bits per heavy atom. The number of hydrogen-bond acceptors (Lipinski definition) is 3. The number of nitrogens with one attached hydrogen (secondary N) is 2. The molecule has 1 fully saturated rings. The van der Waals surface area contributed by atoms with Crippen LogP contribution in [0.3, 0.4) is 0 Å². The molecule has 0 radical (unpaired) electrons. The quantitative estimate of drug-likeness (QED) is 0.829. The van der Waals surface area contributed by atoms with Crippen molar-refractivity contribution < 1.29 is 4.79 Å². The monoisotopic (exact) mass is 330 g/mol. The van der Waals surface area contributed by atoms with Crippen LogP contribution < -0.4 is 5.32 Å². The highest BCUT2D eigenvalue weighted by molar-refractivity contribution is 7.71. The second-order valence-electron chi connectivity index (χ2n) is 6.17. The van der Waals surface area contributed by atoms with Crippen LogP contribution in [-0.2, 0) is 23.7 Å². The van der Waals surface area contributed by atoms with E-state index >= 15 is 0 Å². The van der Waals surface area contributed by atoms with E-state index in [1.807, 2.05) is 29.8 Å². The van der Waals surface area contributed by atoms with Crippen LogP contribution in [0.15, 0.2) is 30.3 Å². The lowest BCUT2D eigenvalue weighted by atomic mass is 9.78. The van der Waals surface area contributed by atoms with Crippen molar-refractivity contribution in [2.24, 2.45) is 7.05 Å². The molecule has 1 aromatic heterocycles. The maximum atomic E-state index is 12.9. The third-order valence-corrected chi connectivity index (χ3v) is 5.19. The molecule has 5 nitrogen and oxygen atoms in total. The number of H-pyrrole nitrogens is 1. The van der Waals surface area contributed by atoms with Crippen molar-refractivity contribution in [1.29, 1.82) is 0 Å². The summed E-state index contributed by atoms with van der Waals surface area (Å²) in [4.78, 5) is 12.9. The molecule has 0 bridgehead atoms. The van der Waals surface area contributed by atoms with Gasteiger partial charge in [0.05, 0.1) is 5.41 Å². The Hall–Kier alpha value is -1.95. The zero-order valence-electron chi connectivity index (χ0n) is 13.3. The van der Waals surface area contributed by atoms with Crippen molar-refractivity contribution in [1.82, 2.24) is 20.1 Å². The number of carbonyl (C=O) groups excluding carboxylic acids is 1. The number of amides is 1. The molecule has 0 unspecified atom stereocenters. The van der Waals surface area contributed by atoms with E-state index in [2.05, 4.69) is 27.6 Å². The predicted octanol–water partition coefficient (Wildman–Crippen LogP) is 2.65. The highest BCUT2D eigenvalue weighted by Gasteiger charge is 2.42. The molecule has 1 heterocycles. The van der Waals surface area contributed by atoms with Crippen LogP contribution in [0.25, 0.3) is 0 Å². The summed E-state index contributed by atoms with van der Waals surface area (Å²) in [6.07, 6.45) is 4.73. The molecule has 23 heavy (non-hydrogen) atoms. The molecule has 0 aliphatic heterocycles. The average molecular weight is 330 g/mol. The highest BCUT2D eigenvalue weighted by atomic mass is 32.1. The van der Waals surface area contributed by atoms with Crippen LogP contribution in [-0.4, -0.2) is 27.2 Å². The first-order valence-electron chi connectivity index (χ1n) is 8.07. The van der Waals surface area contributed by atoms with E-state index in [0.29, 0.717) is 17.7 Å². The Morgan fingerprint density at radius 2 is 2.04 bits per heavy atom. The summed E-state index contributed by atoms with van der Waals surface area (Å²) in [7, 11) is 1.88. The maximum Gasteiger partial charge on any atom is 0.230 e. The van der Waals surface area contributed by atoms with Gasteiger partial charge in [0.25, 0.3) is 0 Å². The highest BCUT2D eigenvalue weighted by Crippen LogP contribution is 2.41. The molecular weight excluding hydrogens is 308 g/mol. The van der Waals surface area contributed by atoms with Crippen molar-refractivity contribution >= 4 is 18.1 Å². The van der Waals surface area contributed by atoms with E-state index in [4.69, 9.17) is 12.2 Å². The zero-order chi connectivity index (χ0) is 16.3. The van der Waals surface area contributed by atoms with Gasteiger partial charge in [-0.05, 0) is 30.6 Å². The summed E-state index contributed by atoms with van der Waals surface area (Å²) < 4.78 is 2.44. The van der Waals surface area contributed by atoms with Gasteiger partial charge in [0, 0.05) is 20.0 Å². The molecule has 2 aromatic rings. The lowest BCUT2D eigenvalue weighted by Gasteiger charge is -2.28. The number of aromatic nitrogens is 3. The van der Waals surface area contributed by atoms with Gasteiger partial charge >= 0.3 is 0 Å². The SMILES string of the molecule is Cn1c(CCNC(=O)C2(c3ccccc3)CCCC2)n[nH]c1=S. The first-order valence-corrected chi connectivity index (χ1v) is 8.48. The summed E-state index contributed by atoms with van der Waals surface area (Å²) in [5, 5.41) is 10.1. The smallest absolute Gasteiger partial charge is 0.230 e. The van der Waals surface area contributed by atoms with Gasteiger partial charge in [0.1, 0.15) is 5.82 Å². The van der Waals surface area contributed by atoms with Crippen molar-refractivity contribution in [2.45, 2.75) is 37.5 Å². The van der Waals surface area contributed by atoms with Crippen molar-refractivity contribution in [3.05, 3.63) is 46.5 Å². The van der Waals surface area contributed by atoms with Gasteiger partial charge in [-0.25, -0.2) is 0 Å². The van der Waals surface area contributed by atoms with Gasteiger partial charge in [-0.2, -0.15) is 5.10 Å². The molecule has 0 saturated heterocycles. The third kappa shape index (κ3) is 3.08. The molecular formula is C17H22N4OS. The van der Waals surface area contributed by atoms with E-state index in [0.717, 1.165) is 37.1 Å². The molecule has 1 saturated carbocycles. The number of benzene rings is 1. The van der Waals surface area contributed by atoms with Crippen LogP contribution in [0.5, 0.6) is 0 Å². The molecule has 6 heteroatoms. The number of carbonyl (C=O) groups is 1. The van der Waals surface area contributed by atoms with Crippen LogP contribution in [0, 0.1) is 4.77 Å². The second kappa shape index (κ2) is 6.66. The Morgan fingerprint density at radius 1 is 1.35 bits per heavy atom. The van der Waals surface area contributed by atoms with Crippen LogP contribution in [0.4, 0.5) is 0 Å². The van der Waals surface area contributed by atoms with Crippen LogP contribution in [0.1, 0.15) is 37.1 Å². The van der Waals surface area contributed by atoms with Crippen molar-refractivity contribution in [2.75, 3.05) is 6.54 Å². The van der Waals surface area contributed by atoms with Gasteiger partial charge in [0.2, 0.25) is 5.91 Å². The van der Waals surface area contributed by atoms with E-state index < -0.39 is 0 Å². The van der Waals surface area contributed by atoms with E-state index in [1.54, 1.807) is 0 Å². The van der Waals surface area contributed by atoms with Gasteiger partial charge in [0.15, 0.2) is 4.77 Å². The van der Waals surface area contributed by atoms with Gasteiger partial charge < -0.3 is 9.88 Å². The molecule has 1 amide bonds. The third-order valence-electron chi connectivity index (χ3n) is 4.82. The van der Waals surface area contributed by atoms with E-state index in [1.165, 1.54) is 0 Å². The number of hydrogen-bond donors (Lipinski definition) is 2. The first kappa shape index (κ1) is 15.9. The van der Waals surface area contributed by atoms with Crippen LogP contribution >= 0.6 is 12.2 Å². The fourth-order valence-electron chi connectivity index (χ4n) is 3.44. The molecule has 1 aliphatic rings. The number of rotatable bonds is 5. The predicted molar refractivity (Wildman–Crippen MR) is 91.7 cm³/mol. The summed E-state index contributed by atoms with van der Waals surface area (Å²) in [5.74, 6) is 0.994. The average Bonchev–Trinajstić information content (AvgIpc) is 3.19. The van der Waals surface area contributed by atoms with Gasteiger partial charge in [-0.3, -0.25) is 9.89 Å². The molecule has 3 rings (SSSR count). The summed E-state index contributed by atoms with van der Waals surface area (Å²) in [5.41, 5.74) is 0.770. The maximum absolute atomic E-state index is 12.9.